The first kappa shape index (κ1) is 25.5. The van der Waals surface area contributed by atoms with Crippen molar-refractivity contribution in [2.75, 3.05) is 25.6 Å². The zero-order valence-electron chi connectivity index (χ0n) is 20.6. The SMILES string of the molecule is CCCCOc1cc(OCCCC)c(C(C)(C)C)cc1C=CC(=O)c1ccc(NC)cc1. The molecule has 4 heteroatoms. The minimum atomic E-state index is -0.0981. The molecule has 0 aromatic heterocycles. The summed E-state index contributed by atoms with van der Waals surface area (Å²) in [6.07, 6.45) is 7.63. The molecule has 0 aliphatic heterocycles. The molecule has 0 saturated carbocycles. The number of allylic oxidation sites excluding steroid dienone is 1. The quantitative estimate of drug-likeness (QED) is 0.215. The Morgan fingerprint density at radius 3 is 2.06 bits per heavy atom. The summed E-state index contributed by atoms with van der Waals surface area (Å²) in [6, 6.07) is 11.6. The van der Waals surface area contributed by atoms with E-state index in [4.69, 9.17) is 9.47 Å². The molecular weight excluding hydrogens is 398 g/mol. The van der Waals surface area contributed by atoms with Gasteiger partial charge in [0.1, 0.15) is 11.5 Å². The lowest BCUT2D eigenvalue weighted by molar-refractivity contribution is 0.104. The normalized spacial score (nSPS) is 11.6. The molecule has 4 nitrogen and oxygen atoms in total. The molecule has 0 unspecified atom stereocenters. The summed E-state index contributed by atoms with van der Waals surface area (Å²) in [5, 5.41) is 3.07. The molecule has 0 radical (unpaired) electrons. The van der Waals surface area contributed by atoms with E-state index in [0.717, 1.165) is 54.0 Å². The van der Waals surface area contributed by atoms with Gasteiger partial charge in [0.05, 0.1) is 13.2 Å². The Morgan fingerprint density at radius 1 is 0.938 bits per heavy atom. The Morgan fingerprint density at radius 2 is 1.53 bits per heavy atom. The molecule has 2 aromatic carbocycles. The van der Waals surface area contributed by atoms with Crippen molar-refractivity contribution in [2.24, 2.45) is 0 Å². The van der Waals surface area contributed by atoms with Crippen molar-refractivity contribution in [1.82, 2.24) is 0 Å². The van der Waals surface area contributed by atoms with Crippen LogP contribution >= 0.6 is 0 Å². The number of ether oxygens (including phenoxy) is 2. The summed E-state index contributed by atoms with van der Waals surface area (Å²) in [4.78, 5) is 12.7. The van der Waals surface area contributed by atoms with E-state index in [2.05, 4.69) is 46.0 Å². The fraction of sp³-hybridized carbons (Fsp3) is 0.464. The van der Waals surface area contributed by atoms with E-state index in [0.29, 0.717) is 18.8 Å². The second-order valence-electron chi connectivity index (χ2n) is 9.07. The molecule has 0 aliphatic carbocycles. The van der Waals surface area contributed by atoms with Crippen LogP contribution in [0.2, 0.25) is 0 Å². The number of unbranched alkanes of at least 4 members (excludes halogenated alkanes) is 2. The summed E-state index contributed by atoms with van der Waals surface area (Å²) >= 11 is 0. The van der Waals surface area contributed by atoms with E-state index < -0.39 is 0 Å². The zero-order chi connectivity index (χ0) is 23.6. The number of hydrogen-bond acceptors (Lipinski definition) is 4. The number of carbonyl (C=O) groups excluding carboxylic acids is 1. The average molecular weight is 438 g/mol. The minimum absolute atomic E-state index is 0.0345. The van der Waals surface area contributed by atoms with Crippen molar-refractivity contribution in [3.8, 4) is 11.5 Å². The van der Waals surface area contributed by atoms with E-state index in [-0.39, 0.29) is 11.2 Å². The van der Waals surface area contributed by atoms with E-state index in [1.54, 1.807) is 6.08 Å². The number of rotatable bonds is 12. The molecule has 0 saturated heterocycles. The van der Waals surface area contributed by atoms with Gasteiger partial charge in [0, 0.05) is 35.5 Å². The molecule has 32 heavy (non-hydrogen) atoms. The van der Waals surface area contributed by atoms with Crippen LogP contribution in [0.1, 0.15) is 81.8 Å². The highest BCUT2D eigenvalue weighted by Gasteiger charge is 2.22. The maximum absolute atomic E-state index is 12.7. The van der Waals surface area contributed by atoms with Crippen molar-refractivity contribution in [2.45, 2.75) is 65.7 Å². The lowest BCUT2D eigenvalue weighted by atomic mass is 9.85. The first-order valence-corrected chi connectivity index (χ1v) is 11.7. The lowest BCUT2D eigenvalue weighted by Crippen LogP contribution is -2.15. The van der Waals surface area contributed by atoms with Crippen LogP contribution in [0.4, 0.5) is 5.69 Å². The van der Waals surface area contributed by atoms with Crippen molar-refractivity contribution in [3.05, 3.63) is 59.2 Å². The van der Waals surface area contributed by atoms with Gasteiger partial charge in [0.15, 0.2) is 5.78 Å². The van der Waals surface area contributed by atoms with Crippen LogP contribution in [0.25, 0.3) is 6.08 Å². The standard InChI is InChI=1S/C28H39NO3/c1-7-9-17-31-26-20-27(32-18-10-8-2)24(28(3,4)5)19-22(26)13-16-25(30)21-11-14-23(29-6)15-12-21/h11-16,19-20,29H,7-10,17-18H2,1-6H3. The molecule has 2 aromatic rings. The van der Waals surface area contributed by atoms with Gasteiger partial charge in [-0.25, -0.2) is 0 Å². The van der Waals surface area contributed by atoms with Crippen LogP contribution in [-0.4, -0.2) is 26.0 Å². The monoisotopic (exact) mass is 437 g/mol. The third-order valence-corrected chi connectivity index (χ3v) is 5.30. The van der Waals surface area contributed by atoms with Gasteiger partial charge < -0.3 is 14.8 Å². The number of anilines is 1. The van der Waals surface area contributed by atoms with Gasteiger partial charge in [-0.05, 0) is 60.7 Å². The molecule has 2 rings (SSSR count). The van der Waals surface area contributed by atoms with Crippen molar-refractivity contribution >= 4 is 17.5 Å². The molecule has 0 amide bonds. The summed E-state index contributed by atoms with van der Waals surface area (Å²) in [6.45, 7) is 12.1. The van der Waals surface area contributed by atoms with Gasteiger partial charge >= 0.3 is 0 Å². The van der Waals surface area contributed by atoms with Gasteiger partial charge in [-0.1, -0.05) is 47.5 Å². The van der Waals surface area contributed by atoms with Crippen molar-refractivity contribution < 1.29 is 14.3 Å². The van der Waals surface area contributed by atoms with Gasteiger partial charge in [0.25, 0.3) is 0 Å². The molecule has 0 spiro atoms. The zero-order valence-corrected chi connectivity index (χ0v) is 20.6. The third kappa shape index (κ3) is 7.44. The lowest BCUT2D eigenvalue weighted by Gasteiger charge is -2.25. The fourth-order valence-corrected chi connectivity index (χ4v) is 3.25. The Balaban J connectivity index is 2.39. The smallest absolute Gasteiger partial charge is 0.185 e. The molecular formula is C28H39NO3. The largest absolute Gasteiger partial charge is 0.493 e. The van der Waals surface area contributed by atoms with Gasteiger partial charge in [-0.15, -0.1) is 0 Å². The Bertz CT molecular complexity index is 892. The van der Waals surface area contributed by atoms with Crippen LogP contribution in [0, 0.1) is 0 Å². The predicted octanol–water partition coefficient (Wildman–Crippen LogP) is 7.28. The van der Waals surface area contributed by atoms with Crippen molar-refractivity contribution in [1.29, 1.82) is 0 Å². The number of benzene rings is 2. The minimum Gasteiger partial charge on any atom is -0.493 e. The number of carbonyl (C=O) groups is 1. The number of hydrogen-bond donors (Lipinski definition) is 1. The Kier molecular flexibility index (Phi) is 9.83. The van der Waals surface area contributed by atoms with Gasteiger partial charge in [-0.2, -0.15) is 0 Å². The Labute approximate surface area is 194 Å². The molecule has 0 fully saturated rings. The fourth-order valence-electron chi connectivity index (χ4n) is 3.25. The van der Waals surface area contributed by atoms with Crippen LogP contribution < -0.4 is 14.8 Å². The molecule has 0 bridgehead atoms. The second-order valence-corrected chi connectivity index (χ2v) is 9.07. The van der Waals surface area contributed by atoms with E-state index in [1.807, 2.05) is 43.5 Å². The van der Waals surface area contributed by atoms with Crippen LogP contribution in [-0.2, 0) is 5.41 Å². The average Bonchev–Trinajstić information content (AvgIpc) is 2.77. The summed E-state index contributed by atoms with van der Waals surface area (Å²) < 4.78 is 12.3. The number of ketones is 1. The van der Waals surface area contributed by atoms with Crippen LogP contribution in [0.15, 0.2) is 42.5 Å². The first-order chi connectivity index (χ1) is 15.3. The maximum Gasteiger partial charge on any atom is 0.185 e. The number of nitrogens with one attached hydrogen (secondary N) is 1. The summed E-state index contributed by atoms with van der Waals surface area (Å²) in [5.74, 6) is 1.59. The van der Waals surface area contributed by atoms with E-state index >= 15 is 0 Å². The van der Waals surface area contributed by atoms with Crippen LogP contribution in [0.3, 0.4) is 0 Å². The molecule has 0 atom stereocenters. The molecule has 174 valence electrons. The second kappa shape index (κ2) is 12.3. The third-order valence-electron chi connectivity index (χ3n) is 5.30. The Hall–Kier alpha value is -2.75. The predicted molar refractivity (Wildman–Crippen MR) is 135 cm³/mol. The van der Waals surface area contributed by atoms with E-state index in [1.165, 1.54) is 0 Å². The maximum atomic E-state index is 12.7. The van der Waals surface area contributed by atoms with E-state index in [9.17, 15) is 4.79 Å². The molecule has 1 N–H and O–H groups in total. The highest BCUT2D eigenvalue weighted by atomic mass is 16.5. The van der Waals surface area contributed by atoms with Crippen molar-refractivity contribution in [3.63, 3.8) is 0 Å². The summed E-state index contributed by atoms with van der Waals surface area (Å²) in [5.41, 5.74) is 3.55. The highest BCUT2D eigenvalue weighted by molar-refractivity contribution is 6.07. The molecule has 0 heterocycles. The first-order valence-electron chi connectivity index (χ1n) is 11.7. The van der Waals surface area contributed by atoms with Crippen LogP contribution in [0.5, 0.6) is 11.5 Å². The summed E-state index contributed by atoms with van der Waals surface area (Å²) in [7, 11) is 1.86. The highest BCUT2D eigenvalue weighted by Crippen LogP contribution is 2.37. The topological polar surface area (TPSA) is 47.6 Å². The molecule has 0 aliphatic rings. The van der Waals surface area contributed by atoms with Gasteiger partial charge in [0.2, 0.25) is 0 Å². The van der Waals surface area contributed by atoms with Gasteiger partial charge in [-0.3, -0.25) is 4.79 Å².